The van der Waals surface area contributed by atoms with Crippen LogP contribution >= 0.6 is 0 Å². The Balaban J connectivity index is 1.31. The summed E-state index contributed by atoms with van der Waals surface area (Å²) in [6.45, 7) is 1.15. The molecule has 0 bridgehead atoms. The van der Waals surface area contributed by atoms with Crippen molar-refractivity contribution in [2.75, 3.05) is 56.7 Å². The number of anilines is 2. The lowest BCUT2D eigenvalue weighted by molar-refractivity contribution is -0.277. The minimum absolute atomic E-state index is 0.0877. The lowest BCUT2D eigenvalue weighted by Gasteiger charge is -2.40. The third kappa shape index (κ3) is 7.79. The van der Waals surface area contributed by atoms with Crippen molar-refractivity contribution in [3.05, 3.63) is 83.9 Å². The van der Waals surface area contributed by atoms with Crippen LogP contribution in [-0.4, -0.2) is 114 Å². The molecular weight excluding hydrogens is 622 g/mol. The Bertz CT molecular complexity index is 1610. The first kappa shape index (κ1) is 34.4. The number of benzene rings is 3. The number of amides is 2. The van der Waals surface area contributed by atoms with Crippen LogP contribution in [0.1, 0.15) is 17.2 Å². The Morgan fingerprint density at radius 2 is 1.67 bits per heavy atom. The molecule has 14 heteroatoms. The molecule has 2 fully saturated rings. The van der Waals surface area contributed by atoms with Gasteiger partial charge in [0.05, 0.1) is 37.6 Å². The van der Waals surface area contributed by atoms with Crippen molar-refractivity contribution in [3.8, 4) is 17.6 Å². The fourth-order valence-electron chi connectivity index (χ4n) is 5.71. The zero-order valence-corrected chi connectivity index (χ0v) is 26.3. The molecule has 6 N–H and O–H groups in total. The molecule has 48 heavy (non-hydrogen) atoms. The van der Waals surface area contributed by atoms with E-state index in [-0.39, 0.29) is 23.8 Å². The maximum Gasteiger partial charge on any atom is 0.247 e. The number of nitrogens with one attached hydrogen (secondary N) is 2. The molecule has 2 aliphatic rings. The van der Waals surface area contributed by atoms with Crippen molar-refractivity contribution in [3.63, 3.8) is 0 Å². The topological polar surface area (TPSA) is 197 Å². The summed E-state index contributed by atoms with van der Waals surface area (Å²) < 4.78 is 16.9. The van der Waals surface area contributed by atoms with E-state index >= 15 is 0 Å². The minimum Gasteiger partial charge on any atom is -0.495 e. The highest BCUT2D eigenvalue weighted by molar-refractivity contribution is 5.90. The molecule has 14 nitrogen and oxygen atoms in total. The molecule has 5 rings (SSSR count). The number of ether oxygens (including phenoxy) is 3. The van der Waals surface area contributed by atoms with Gasteiger partial charge in [-0.15, -0.1) is 0 Å². The first-order chi connectivity index (χ1) is 23.2. The van der Waals surface area contributed by atoms with Crippen LogP contribution in [0, 0.1) is 11.3 Å². The highest BCUT2D eigenvalue weighted by Crippen LogP contribution is 2.32. The lowest BCUT2D eigenvalue weighted by atomic mass is 9.99. The van der Waals surface area contributed by atoms with Gasteiger partial charge in [-0.1, -0.05) is 36.4 Å². The van der Waals surface area contributed by atoms with Crippen LogP contribution in [0.25, 0.3) is 0 Å². The molecule has 6 atom stereocenters. The number of nitriles is 1. The third-order valence-electron chi connectivity index (χ3n) is 8.36. The normalized spacial score (nSPS) is 23.0. The van der Waals surface area contributed by atoms with Crippen molar-refractivity contribution in [2.45, 2.75) is 36.7 Å². The lowest BCUT2D eigenvalue weighted by Crippen LogP contribution is -2.60. The quantitative estimate of drug-likeness (QED) is 0.165. The molecular formula is C34H39N5O9. The smallest absolute Gasteiger partial charge is 0.247 e. The van der Waals surface area contributed by atoms with Gasteiger partial charge in [0.2, 0.25) is 18.1 Å². The zero-order valence-electron chi connectivity index (χ0n) is 26.3. The SMILES string of the molecule is COc1ccccc1N1CCN(C(=O)CNC(=O)C(Nc2cccc(C#N)c2)c2ccccc2OC2OC(CO)C(O)C(O)C2O)CC1. The van der Waals surface area contributed by atoms with Crippen LogP contribution < -0.4 is 25.0 Å². The molecule has 2 aliphatic heterocycles. The number of rotatable bonds is 11. The maximum absolute atomic E-state index is 13.8. The third-order valence-corrected chi connectivity index (χ3v) is 8.36. The molecule has 0 aliphatic carbocycles. The van der Waals surface area contributed by atoms with E-state index in [2.05, 4.69) is 21.6 Å². The number of carbonyl (C=O) groups excluding carboxylic acids is 2. The maximum atomic E-state index is 13.8. The number of para-hydroxylation sites is 3. The van der Waals surface area contributed by atoms with Gasteiger partial charge >= 0.3 is 0 Å². The van der Waals surface area contributed by atoms with Crippen LogP contribution in [0.4, 0.5) is 11.4 Å². The van der Waals surface area contributed by atoms with Gasteiger partial charge in [-0.25, -0.2) is 0 Å². The molecule has 2 amide bonds. The van der Waals surface area contributed by atoms with Crippen molar-refractivity contribution < 1.29 is 44.2 Å². The standard InChI is InChI=1S/C34H39N5O9/c1-46-26-12-5-3-10-24(26)38-13-15-39(16-14-38)28(41)19-36-33(45)29(37-22-8-6-7-21(17-22)18-35)23-9-2-4-11-25(23)47-34-32(44)31(43)30(42)27(20-40)48-34/h2-12,17,27,29-32,34,37,40,42-44H,13-16,19-20H2,1H3,(H,36,45). The van der Waals surface area contributed by atoms with Crippen molar-refractivity contribution in [1.29, 1.82) is 5.26 Å². The summed E-state index contributed by atoms with van der Waals surface area (Å²) in [5, 5.41) is 55.9. The Hall–Kier alpha value is -4.91. The fraction of sp³-hybridized carbons (Fsp3) is 0.382. The van der Waals surface area contributed by atoms with E-state index in [0.29, 0.717) is 37.4 Å². The van der Waals surface area contributed by atoms with Crippen molar-refractivity contribution >= 4 is 23.2 Å². The van der Waals surface area contributed by atoms with Gasteiger partial charge in [-0.05, 0) is 36.4 Å². The fourth-order valence-corrected chi connectivity index (χ4v) is 5.71. The number of piperazine rings is 1. The molecule has 254 valence electrons. The highest BCUT2D eigenvalue weighted by atomic mass is 16.7. The van der Waals surface area contributed by atoms with Crippen LogP contribution in [0.3, 0.4) is 0 Å². The second-order valence-electron chi connectivity index (χ2n) is 11.4. The molecule has 3 aromatic carbocycles. The second-order valence-corrected chi connectivity index (χ2v) is 11.4. The number of aliphatic hydroxyl groups is 4. The first-order valence-electron chi connectivity index (χ1n) is 15.5. The van der Waals surface area contributed by atoms with E-state index in [1.807, 2.05) is 24.3 Å². The summed E-state index contributed by atoms with van der Waals surface area (Å²) >= 11 is 0. The van der Waals surface area contributed by atoms with E-state index < -0.39 is 49.3 Å². The summed E-state index contributed by atoms with van der Waals surface area (Å²) in [4.78, 5) is 30.9. The molecule has 0 saturated carbocycles. The van der Waals surface area contributed by atoms with Crippen LogP contribution in [0.2, 0.25) is 0 Å². The number of hydrogen-bond acceptors (Lipinski definition) is 12. The first-order valence-corrected chi connectivity index (χ1v) is 15.5. The Labute approximate surface area is 277 Å². The van der Waals surface area contributed by atoms with Gasteiger partial charge in [0.1, 0.15) is 42.0 Å². The molecule has 2 saturated heterocycles. The van der Waals surface area contributed by atoms with E-state index in [9.17, 15) is 35.3 Å². The Kier molecular flexibility index (Phi) is 11.3. The van der Waals surface area contributed by atoms with Crippen molar-refractivity contribution in [1.82, 2.24) is 10.2 Å². The van der Waals surface area contributed by atoms with Gasteiger partial charge in [-0.2, -0.15) is 5.26 Å². The van der Waals surface area contributed by atoms with E-state index in [1.165, 1.54) is 6.07 Å². The monoisotopic (exact) mass is 661 g/mol. The van der Waals surface area contributed by atoms with Gasteiger partial charge in [0.25, 0.3) is 0 Å². The van der Waals surface area contributed by atoms with Gasteiger partial charge in [0, 0.05) is 37.4 Å². The Morgan fingerprint density at radius 3 is 2.38 bits per heavy atom. The average Bonchev–Trinajstić information content (AvgIpc) is 3.13. The zero-order chi connectivity index (χ0) is 34.2. The molecule has 6 unspecified atom stereocenters. The summed E-state index contributed by atoms with van der Waals surface area (Å²) in [6, 6.07) is 21.5. The average molecular weight is 662 g/mol. The number of methoxy groups -OCH3 is 1. The summed E-state index contributed by atoms with van der Waals surface area (Å²) in [5.41, 5.74) is 2.02. The highest BCUT2D eigenvalue weighted by Gasteiger charge is 2.45. The largest absolute Gasteiger partial charge is 0.495 e. The molecule has 0 radical (unpaired) electrons. The number of hydrogen-bond donors (Lipinski definition) is 6. The van der Waals surface area contributed by atoms with E-state index in [1.54, 1.807) is 54.5 Å². The van der Waals surface area contributed by atoms with E-state index in [4.69, 9.17) is 14.2 Å². The van der Waals surface area contributed by atoms with E-state index in [0.717, 1.165) is 11.4 Å². The van der Waals surface area contributed by atoms with Crippen LogP contribution in [0.5, 0.6) is 11.5 Å². The molecule has 3 aromatic rings. The minimum atomic E-state index is -1.68. The summed E-state index contributed by atoms with van der Waals surface area (Å²) in [5.74, 6) is -0.00812. The predicted molar refractivity (Wildman–Crippen MR) is 173 cm³/mol. The van der Waals surface area contributed by atoms with Gasteiger partial charge < -0.3 is 55.1 Å². The van der Waals surface area contributed by atoms with Gasteiger partial charge in [0.15, 0.2) is 0 Å². The van der Waals surface area contributed by atoms with Crippen LogP contribution in [0.15, 0.2) is 72.8 Å². The summed E-state index contributed by atoms with van der Waals surface area (Å²) in [6.07, 6.45) is -7.61. The van der Waals surface area contributed by atoms with Crippen LogP contribution in [-0.2, 0) is 14.3 Å². The Morgan fingerprint density at radius 1 is 0.958 bits per heavy atom. The second kappa shape index (κ2) is 15.8. The number of nitrogens with zero attached hydrogens (tertiary/aromatic N) is 3. The number of carbonyl (C=O) groups is 2. The summed E-state index contributed by atoms with van der Waals surface area (Å²) in [7, 11) is 1.61. The van der Waals surface area contributed by atoms with Crippen molar-refractivity contribution in [2.24, 2.45) is 0 Å². The predicted octanol–water partition coefficient (Wildman–Crippen LogP) is 0.364. The molecule has 0 spiro atoms. The van der Waals surface area contributed by atoms with Gasteiger partial charge in [-0.3, -0.25) is 9.59 Å². The molecule has 2 heterocycles. The number of aliphatic hydroxyl groups excluding tert-OH is 4. The molecule has 0 aromatic heterocycles.